The molecule has 5 nitrogen and oxygen atoms in total. The normalized spacial score (nSPS) is 11.1. The van der Waals surface area contributed by atoms with E-state index in [-0.39, 0.29) is 16.5 Å². The first kappa shape index (κ1) is 19.7. The molecule has 0 aliphatic rings. The van der Waals surface area contributed by atoms with Gasteiger partial charge < -0.3 is 14.7 Å². The third-order valence-corrected chi connectivity index (χ3v) is 4.27. The fraction of sp³-hybridized carbons (Fsp3) is 0.263. The van der Waals surface area contributed by atoms with Crippen molar-refractivity contribution in [2.24, 2.45) is 0 Å². The first-order valence-corrected chi connectivity index (χ1v) is 8.19. The number of amides is 1. The maximum Gasteiger partial charge on any atom is 0.341 e. The molecule has 0 aliphatic carbocycles. The van der Waals surface area contributed by atoms with Crippen molar-refractivity contribution < 1.29 is 23.8 Å². The van der Waals surface area contributed by atoms with E-state index in [1.54, 1.807) is 51.2 Å². The van der Waals surface area contributed by atoms with Crippen LogP contribution in [0.4, 0.5) is 10.1 Å². The summed E-state index contributed by atoms with van der Waals surface area (Å²) < 4.78 is 19.3. The SMILES string of the molecule is CN(C(=O)C(C)(C)c1ccc(Cl)cc1F)c1ccc(OCC(=O)O)cc1. The number of carbonyl (C=O) groups excluding carboxylic acids is 1. The van der Waals surface area contributed by atoms with E-state index in [1.807, 2.05) is 0 Å². The third-order valence-electron chi connectivity index (χ3n) is 4.03. The molecule has 2 aromatic rings. The van der Waals surface area contributed by atoms with Gasteiger partial charge in [-0.3, -0.25) is 4.79 Å². The zero-order chi connectivity index (χ0) is 19.5. The smallest absolute Gasteiger partial charge is 0.341 e. The monoisotopic (exact) mass is 379 g/mol. The van der Waals surface area contributed by atoms with Crippen LogP contribution in [0.1, 0.15) is 19.4 Å². The molecule has 7 heteroatoms. The number of ether oxygens (including phenoxy) is 1. The second-order valence-electron chi connectivity index (χ2n) is 6.29. The van der Waals surface area contributed by atoms with Gasteiger partial charge in [-0.1, -0.05) is 17.7 Å². The average Bonchev–Trinajstić information content (AvgIpc) is 2.58. The average molecular weight is 380 g/mol. The number of rotatable bonds is 6. The lowest BCUT2D eigenvalue weighted by molar-refractivity contribution is -0.139. The zero-order valence-corrected chi connectivity index (χ0v) is 15.4. The lowest BCUT2D eigenvalue weighted by Gasteiger charge is -2.30. The first-order valence-electron chi connectivity index (χ1n) is 7.81. The van der Waals surface area contributed by atoms with Gasteiger partial charge in [-0.2, -0.15) is 0 Å². The molecule has 2 aromatic carbocycles. The minimum Gasteiger partial charge on any atom is -0.482 e. The van der Waals surface area contributed by atoms with Crippen LogP contribution in [0.25, 0.3) is 0 Å². The number of hydrogen-bond donors (Lipinski definition) is 1. The molecule has 138 valence electrons. The molecule has 0 heterocycles. The predicted molar refractivity (Wildman–Crippen MR) is 97.4 cm³/mol. The van der Waals surface area contributed by atoms with Gasteiger partial charge in [-0.05, 0) is 50.2 Å². The molecule has 0 bridgehead atoms. The topological polar surface area (TPSA) is 66.8 Å². The van der Waals surface area contributed by atoms with Gasteiger partial charge in [0.15, 0.2) is 6.61 Å². The molecular weight excluding hydrogens is 361 g/mol. The van der Waals surface area contributed by atoms with Crippen molar-refractivity contribution in [1.82, 2.24) is 0 Å². The summed E-state index contributed by atoms with van der Waals surface area (Å²) in [5.74, 6) is -1.55. The van der Waals surface area contributed by atoms with E-state index in [1.165, 1.54) is 17.0 Å². The number of carboxylic acids is 1. The lowest BCUT2D eigenvalue weighted by atomic mass is 9.82. The Bertz CT molecular complexity index is 821. The van der Waals surface area contributed by atoms with Gasteiger partial charge >= 0.3 is 5.97 Å². The van der Waals surface area contributed by atoms with Gasteiger partial charge in [0.25, 0.3) is 0 Å². The number of carboxylic acid groups (broad SMARTS) is 1. The van der Waals surface area contributed by atoms with Crippen molar-refractivity contribution in [3.8, 4) is 5.75 Å². The van der Waals surface area contributed by atoms with Crippen LogP contribution in [0.3, 0.4) is 0 Å². The number of aliphatic carboxylic acids is 1. The van der Waals surface area contributed by atoms with Crippen LogP contribution in [0.15, 0.2) is 42.5 Å². The molecule has 0 atom stereocenters. The van der Waals surface area contributed by atoms with Gasteiger partial charge in [0.2, 0.25) is 5.91 Å². The summed E-state index contributed by atoms with van der Waals surface area (Å²) in [4.78, 5) is 24.8. The number of nitrogens with zero attached hydrogens (tertiary/aromatic N) is 1. The van der Waals surface area contributed by atoms with Gasteiger partial charge in [0, 0.05) is 23.3 Å². The molecule has 0 radical (unpaired) electrons. The molecule has 1 amide bonds. The molecule has 0 fully saturated rings. The second kappa shape index (κ2) is 7.74. The Morgan fingerprint density at radius 1 is 1.19 bits per heavy atom. The Morgan fingerprint density at radius 2 is 1.81 bits per heavy atom. The lowest BCUT2D eigenvalue weighted by Crippen LogP contribution is -2.42. The van der Waals surface area contributed by atoms with Crippen molar-refractivity contribution >= 4 is 29.2 Å². The Kier molecular flexibility index (Phi) is 5.87. The zero-order valence-electron chi connectivity index (χ0n) is 14.6. The molecule has 0 aromatic heterocycles. The number of hydrogen-bond acceptors (Lipinski definition) is 3. The van der Waals surface area contributed by atoms with Crippen molar-refractivity contribution in [1.29, 1.82) is 0 Å². The first-order chi connectivity index (χ1) is 12.1. The Balaban J connectivity index is 2.21. The fourth-order valence-corrected chi connectivity index (χ4v) is 2.72. The van der Waals surface area contributed by atoms with Crippen molar-refractivity contribution in [2.75, 3.05) is 18.6 Å². The molecule has 1 N–H and O–H groups in total. The number of halogens is 2. The number of anilines is 1. The number of carbonyl (C=O) groups is 2. The van der Waals surface area contributed by atoms with Crippen LogP contribution in [0, 0.1) is 5.82 Å². The van der Waals surface area contributed by atoms with Crippen molar-refractivity contribution in [3.05, 3.63) is 58.9 Å². The summed E-state index contributed by atoms with van der Waals surface area (Å²) in [5, 5.41) is 8.87. The number of likely N-dealkylation sites (N-methyl/N-ethyl adjacent to an activating group) is 1. The van der Waals surface area contributed by atoms with Crippen LogP contribution >= 0.6 is 11.6 Å². The summed E-state index contributed by atoms with van der Waals surface area (Å²) in [7, 11) is 1.59. The van der Waals surface area contributed by atoms with Gasteiger partial charge in [-0.15, -0.1) is 0 Å². The third kappa shape index (κ3) is 4.32. The second-order valence-corrected chi connectivity index (χ2v) is 6.73. The molecule has 26 heavy (non-hydrogen) atoms. The highest BCUT2D eigenvalue weighted by Crippen LogP contribution is 2.31. The molecule has 0 aliphatic heterocycles. The van der Waals surface area contributed by atoms with E-state index in [0.29, 0.717) is 11.4 Å². The number of benzene rings is 2. The summed E-state index contributed by atoms with van der Waals surface area (Å²) in [6.45, 7) is 2.84. The van der Waals surface area contributed by atoms with Crippen molar-refractivity contribution in [3.63, 3.8) is 0 Å². The molecule has 0 saturated heterocycles. The largest absolute Gasteiger partial charge is 0.482 e. The van der Waals surface area contributed by atoms with E-state index in [9.17, 15) is 14.0 Å². The Labute approximate surface area is 156 Å². The van der Waals surface area contributed by atoms with Crippen LogP contribution < -0.4 is 9.64 Å². The summed E-state index contributed by atoms with van der Waals surface area (Å²) in [6.07, 6.45) is 0. The predicted octanol–water partition coefficient (Wildman–Crippen LogP) is 3.88. The summed E-state index contributed by atoms with van der Waals surface area (Å²) in [5.41, 5.74) is -0.290. The maximum absolute atomic E-state index is 14.3. The van der Waals surface area contributed by atoms with Gasteiger partial charge in [-0.25, -0.2) is 9.18 Å². The van der Waals surface area contributed by atoms with Gasteiger partial charge in [0.05, 0.1) is 5.41 Å². The highest BCUT2D eigenvalue weighted by atomic mass is 35.5. The molecular formula is C19H19ClFNO4. The molecule has 0 unspecified atom stereocenters. The Morgan fingerprint density at radius 3 is 2.35 bits per heavy atom. The maximum atomic E-state index is 14.3. The summed E-state index contributed by atoms with van der Waals surface area (Å²) in [6, 6.07) is 10.6. The van der Waals surface area contributed by atoms with Crippen LogP contribution in [0.2, 0.25) is 5.02 Å². The van der Waals surface area contributed by atoms with E-state index >= 15 is 0 Å². The molecule has 0 saturated carbocycles. The standard InChI is InChI=1S/C19H19ClFNO4/c1-19(2,15-9-4-12(20)10-16(15)21)18(25)22(3)13-5-7-14(8-6-13)26-11-17(23)24/h4-10H,11H2,1-3H3,(H,23,24). The van der Waals surface area contributed by atoms with E-state index in [4.69, 9.17) is 21.4 Å². The minimum atomic E-state index is -1.11. The Hall–Kier alpha value is -2.60. The van der Waals surface area contributed by atoms with Crippen LogP contribution in [-0.4, -0.2) is 30.6 Å². The van der Waals surface area contributed by atoms with E-state index in [2.05, 4.69) is 0 Å². The fourth-order valence-electron chi connectivity index (χ4n) is 2.56. The van der Waals surface area contributed by atoms with Crippen LogP contribution in [0.5, 0.6) is 5.75 Å². The molecule has 2 rings (SSSR count). The highest BCUT2D eigenvalue weighted by molar-refractivity contribution is 6.30. The summed E-state index contributed by atoms with van der Waals surface area (Å²) >= 11 is 5.78. The highest BCUT2D eigenvalue weighted by Gasteiger charge is 2.35. The quantitative estimate of drug-likeness (QED) is 0.827. The van der Waals surface area contributed by atoms with E-state index in [0.717, 1.165) is 0 Å². The van der Waals surface area contributed by atoms with E-state index < -0.39 is 23.8 Å². The van der Waals surface area contributed by atoms with Gasteiger partial charge in [0.1, 0.15) is 11.6 Å². The van der Waals surface area contributed by atoms with Crippen LogP contribution in [-0.2, 0) is 15.0 Å². The minimum absolute atomic E-state index is 0.250. The molecule has 0 spiro atoms. The van der Waals surface area contributed by atoms with Crippen molar-refractivity contribution in [2.45, 2.75) is 19.3 Å².